The number of aromatic nitrogens is 3. The molecule has 1 aliphatic heterocycles. The predicted molar refractivity (Wildman–Crippen MR) is 88.9 cm³/mol. The maximum absolute atomic E-state index is 12.8. The summed E-state index contributed by atoms with van der Waals surface area (Å²) in [5.74, 6) is 0.0652. The molecular formula is C16H22N4O2S. The molecule has 7 heteroatoms. The van der Waals surface area contributed by atoms with Crippen molar-refractivity contribution in [2.75, 3.05) is 19.7 Å². The van der Waals surface area contributed by atoms with Gasteiger partial charge in [-0.15, -0.1) is 0 Å². The summed E-state index contributed by atoms with van der Waals surface area (Å²) in [4.78, 5) is 15.6. The van der Waals surface area contributed by atoms with Gasteiger partial charge in [-0.2, -0.15) is 9.47 Å². The first-order chi connectivity index (χ1) is 11.0. The molecule has 0 spiro atoms. The lowest BCUT2D eigenvalue weighted by Gasteiger charge is -2.33. The van der Waals surface area contributed by atoms with Crippen LogP contribution in [0, 0.1) is 27.7 Å². The van der Waals surface area contributed by atoms with E-state index in [9.17, 15) is 4.79 Å². The average molecular weight is 334 g/mol. The smallest absolute Gasteiger partial charge is 0.257 e. The Hall–Kier alpha value is -1.73. The summed E-state index contributed by atoms with van der Waals surface area (Å²) in [6, 6.07) is 2.05. The van der Waals surface area contributed by atoms with Crippen LogP contribution in [0.4, 0.5) is 0 Å². The predicted octanol–water partition coefficient (Wildman–Crippen LogP) is 2.11. The number of hydrogen-bond acceptors (Lipinski definition) is 5. The first kappa shape index (κ1) is 16.1. The Morgan fingerprint density at radius 3 is 2.78 bits per heavy atom. The molecule has 124 valence electrons. The zero-order valence-electron chi connectivity index (χ0n) is 14.0. The van der Waals surface area contributed by atoms with E-state index in [0.717, 1.165) is 27.5 Å². The second kappa shape index (κ2) is 6.41. The van der Waals surface area contributed by atoms with Gasteiger partial charge in [0.1, 0.15) is 0 Å². The third kappa shape index (κ3) is 3.30. The number of morpholine rings is 1. The van der Waals surface area contributed by atoms with Crippen LogP contribution in [0.1, 0.15) is 32.3 Å². The van der Waals surface area contributed by atoms with E-state index in [2.05, 4.69) is 15.5 Å². The van der Waals surface area contributed by atoms with E-state index >= 15 is 0 Å². The quantitative estimate of drug-likeness (QED) is 0.862. The van der Waals surface area contributed by atoms with Crippen molar-refractivity contribution in [1.82, 2.24) is 19.1 Å². The molecule has 0 N–H and O–H groups in total. The Balaban J connectivity index is 1.71. The Kier molecular flexibility index (Phi) is 4.50. The van der Waals surface area contributed by atoms with Gasteiger partial charge in [0.05, 0.1) is 36.2 Å². The van der Waals surface area contributed by atoms with Crippen LogP contribution in [0.2, 0.25) is 0 Å². The zero-order chi connectivity index (χ0) is 16.6. The maximum atomic E-state index is 12.8. The third-order valence-electron chi connectivity index (χ3n) is 4.15. The molecule has 0 saturated carbocycles. The van der Waals surface area contributed by atoms with Gasteiger partial charge in [0.25, 0.3) is 5.91 Å². The van der Waals surface area contributed by atoms with Gasteiger partial charge in [-0.1, -0.05) is 0 Å². The molecule has 23 heavy (non-hydrogen) atoms. The standard InChI is InChI=1S/C16H22N4O2S/c1-10-7-11(2)20(17-10)9-14-8-19(5-6-22-14)16(21)15-12(3)18-23-13(15)4/h7,14H,5-6,8-9H2,1-4H3. The largest absolute Gasteiger partial charge is 0.373 e. The lowest BCUT2D eigenvalue weighted by atomic mass is 10.1. The van der Waals surface area contributed by atoms with E-state index in [-0.39, 0.29) is 12.0 Å². The van der Waals surface area contributed by atoms with Crippen LogP contribution in [0.5, 0.6) is 0 Å². The van der Waals surface area contributed by atoms with Gasteiger partial charge in [-0.3, -0.25) is 9.48 Å². The highest BCUT2D eigenvalue weighted by molar-refractivity contribution is 7.06. The molecule has 1 saturated heterocycles. The van der Waals surface area contributed by atoms with E-state index in [0.29, 0.717) is 26.2 Å². The van der Waals surface area contributed by atoms with Crippen LogP contribution in [-0.4, -0.2) is 50.8 Å². The van der Waals surface area contributed by atoms with Crippen molar-refractivity contribution in [2.24, 2.45) is 0 Å². The molecule has 3 heterocycles. The number of carbonyl (C=O) groups is 1. The van der Waals surface area contributed by atoms with Crippen molar-refractivity contribution in [2.45, 2.75) is 40.3 Å². The Morgan fingerprint density at radius 1 is 1.39 bits per heavy atom. The average Bonchev–Trinajstić information content (AvgIpc) is 3.00. The summed E-state index contributed by atoms with van der Waals surface area (Å²) in [6.45, 7) is 10.3. The number of nitrogens with zero attached hydrogens (tertiary/aromatic N) is 4. The highest BCUT2D eigenvalue weighted by Gasteiger charge is 2.28. The maximum Gasteiger partial charge on any atom is 0.257 e. The minimum atomic E-state index is -0.0297. The van der Waals surface area contributed by atoms with Crippen molar-refractivity contribution in [3.8, 4) is 0 Å². The molecule has 1 fully saturated rings. The van der Waals surface area contributed by atoms with Crippen molar-refractivity contribution in [3.63, 3.8) is 0 Å². The second-order valence-corrected chi connectivity index (χ2v) is 7.03. The van der Waals surface area contributed by atoms with E-state index in [4.69, 9.17) is 4.74 Å². The van der Waals surface area contributed by atoms with Crippen LogP contribution in [-0.2, 0) is 11.3 Å². The van der Waals surface area contributed by atoms with Crippen molar-refractivity contribution in [3.05, 3.63) is 33.6 Å². The normalized spacial score (nSPS) is 18.4. The van der Waals surface area contributed by atoms with Crippen molar-refractivity contribution < 1.29 is 9.53 Å². The highest BCUT2D eigenvalue weighted by Crippen LogP contribution is 2.21. The van der Waals surface area contributed by atoms with Gasteiger partial charge >= 0.3 is 0 Å². The SMILES string of the molecule is Cc1cc(C)n(CC2CN(C(=O)c3c(C)nsc3C)CCO2)n1. The molecule has 1 atom stereocenters. The summed E-state index contributed by atoms with van der Waals surface area (Å²) >= 11 is 1.39. The molecule has 6 nitrogen and oxygen atoms in total. The summed E-state index contributed by atoms with van der Waals surface area (Å²) < 4.78 is 12.1. The van der Waals surface area contributed by atoms with Crippen molar-refractivity contribution in [1.29, 1.82) is 0 Å². The molecule has 0 bridgehead atoms. The topological polar surface area (TPSA) is 60.2 Å². The molecule has 3 rings (SSSR count). The van der Waals surface area contributed by atoms with Gasteiger partial charge < -0.3 is 9.64 Å². The molecule has 1 amide bonds. The minimum absolute atomic E-state index is 0.0297. The first-order valence-electron chi connectivity index (χ1n) is 7.80. The number of ether oxygens (including phenoxy) is 1. The molecule has 1 unspecified atom stereocenters. The number of amides is 1. The molecule has 0 aliphatic carbocycles. The summed E-state index contributed by atoms with van der Waals surface area (Å²) in [5.41, 5.74) is 3.69. The second-order valence-electron chi connectivity index (χ2n) is 6.05. The molecule has 2 aromatic heterocycles. The lowest BCUT2D eigenvalue weighted by Crippen LogP contribution is -2.47. The molecular weight excluding hydrogens is 312 g/mol. The zero-order valence-corrected chi connectivity index (χ0v) is 14.8. The lowest BCUT2D eigenvalue weighted by molar-refractivity contribution is -0.0302. The third-order valence-corrected chi connectivity index (χ3v) is 5.00. The van der Waals surface area contributed by atoms with Crippen LogP contribution in [0.15, 0.2) is 6.07 Å². The number of carbonyl (C=O) groups excluding carboxylic acids is 1. The number of hydrogen-bond donors (Lipinski definition) is 0. The molecule has 1 aliphatic rings. The summed E-state index contributed by atoms with van der Waals surface area (Å²) in [6.07, 6.45) is -0.0297. The minimum Gasteiger partial charge on any atom is -0.373 e. The fraction of sp³-hybridized carbons (Fsp3) is 0.562. The molecule has 0 aromatic carbocycles. The number of aryl methyl sites for hydroxylation is 4. The Bertz CT molecular complexity index is 702. The monoisotopic (exact) mass is 334 g/mol. The summed E-state index contributed by atoms with van der Waals surface area (Å²) in [7, 11) is 0. The Morgan fingerprint density at radius 2 is 2.17 bits per heavy atom. The van der Waals surface area contributed by atoms with Crippen LogP contribution >= 0.6 is 11.5 Å². The van der Waals surface area contributed by atoms with Crippen molar-refractivity contribution >= 4 is 17.4 Å². The van der Waals surface area contributed by atoms with E-state index in [1.54, 1.807) is 0 Å². The van der Waals surface area contributed by atoms with Crippen LogP contribution < -0.4 is 0 Å². The molecule has 0 radical (unpaired) electrons. The van der Waals surface area contributed by atoms with Gasteiger partial charge in [0.15, 0.2) is 0 Å². The fourth-order valence-corrected chi connectivity index (χ4v) is 3.70. The van der Waals surface area contributed by atoms with Gasteiger partial charge in [-0.25, -0.2) is 0 Å². The van der Waals surface area contributed by atoms with Gasteiger partial charge in [0.2, 0.25) is 0 Å². The van der Waals surface area contributed by atoms with Gasteiger partial charge in [0, 0.05) is 23.7 Å². The van der Waals surface area contributed by atoms with E-state index < -0.39 is 0 Å². The fourth-order valence-electron chi connectivity index (χ4n) is 3.01. The van der Waals surface area contributed by atoms with Crippen LogP contribution in [0.25, 0.3) is 0 Å². The molecule has 2 aromatic rings. The Labute approximate surface area is 140 Å². The van der Waals surface area contributed by atoms with E-state index in [1.807, 2.05) is 37.3 Å². The van der Waals surface area contributed by atoms with Gasteiger partial charge in [-0.05, 0) is 45.3 Å². The van der Waals surface area contributed by atoms with Crippen LogP contribution in [0.3, 0.4) is 0 Å². The number of rotatable bonds is 3. The van der Waals surface area contributed by atoms with E-state index in [1.165, 1.54) is 11.5 Å². The summed E-state index contributed by atoms with van der Waals surface area (Å²) in [5, 5.41) is 4.48. The first-order valence-corrected chi connectivity index (χ1v) is 8.58. The highest BCUT2D eigenvalue weighted by atomic mass is 32.1.